The number of hydrogen-bond donors (Lipinski definition) is 2. The van der Waals surface area contributed by atoms with E-state index in [9.17, 15) is 0 Å². The molecule has 4 nitrogen and oxygen atoms in total. The number of nitrogens with one attached hydrogen (secondary N) is 1. The molecule has 0 radical (unpaired) electrons. The van der Waals surface area contributed by atoms with Crippen LogP contribution in [0.25, 0.3) is 22.3 Å². The molecule has 0 aliphatic rings. The Morgan fingerprint density at radius 1 is 1.35 bits per heavy atom. The molecular weight excluding hydrogens is 280 g/mol. The zero-order valence-corrected chi connectivity index (χ0v) is 10.8. The molecule has 17 heavy (non-hydrogen) atoms. The number of benzene rings is 1. The summed E-state index contributed by atoms with van der Waals surface area (Å²) in [6.45, 7) is 0. The molecule has 3 rings (SSSR count). The molecule has 0 unspecified atom stereocenters. The molecule has 3 aromatic rings. The van der Waals surface area contributed by atoms with E-state index >= 15 is 0 Å². The third kappa shape index (κ3) is 1.63. The largest absolute Gasteiger partial charge is 0.382 e. The SMILES string of the molecule is Cn1nc(N)cc1-c1cc2cccc(Br)c2[nH]1. The van der Waals surface area contributed by atoms with E-state index in [2.05, 4.69) is 38.1 Å². The highest BCUT2D eigenvalue weighted by atomic mass is 79.9. The molecule has 0 aliphatic heterocycles. The first-order valence-corrected chi connectivity index (χ1v) is 6.01. The summed E-state index contributed by atoms with van der Waals surface area (Å²) in [5, 5.41) is 5.30. The van der Waals surface area contributed by atoms with E-state index in [0.717, 1.165) is 26.8 Å². The molecule has 2 heterocycles. The fraction of sp³-hybridized carbons (Fsp3) is 0.0833. The van der Waals surface area contributed by atoms with E-state index in [0.29, 0.717) is 5.82 Å². The van der Waals surface area contributed by atoms with Crippen LogP contribution in [-0.4, -0.2) is 14.8 Å². The molecule has 0 saturated carbocycles. The molecule has 0 spiro atoms. The molecule has 2 aromatic heterocycles. The van der Waals surface area contributed by atoms with Crippen LogP contribution in [0.4, 0.5) is 5.82 Å². The van der Waals surface area contributed by atoms with Crippen LogP contribution in [0.3, 0.4) is 0 Å². The van der Waals surface area contributed by atoms with Gasteiger partial charge < -0.3 is 10.7 Å². The Hall–Kier alpha value is -1.75. The van der Waals surface area contributed by atoms with Crippen LogP contribution in [0.5, 0.6) is 0 Å². The number of nitrogens with zero attached hydrogens (tertiary/aromatic N) is 2. The maximum Gasteiger partial charge on any atom is 0.146 e. The molecule has 0 aliphatic carbocycles. The second kappa shape index (κ2) is 3.63. The number of hydrogen-bond acceptors (Lipinski definition) is 2. The average Bonchev–Trinajstić information content (AvgIpc) is 2.82. The number of nitrogen functional groups attached to an aromatic ring is 1. The van der Waals surface area contributed by atoms with E-state index in [1.807, 2.05) is 25.2 Å². The van der Waals surface area contributed by atoms with Gasteiger partial charge in [-0.3, -0.25) is 4.68 Å². The van der Waals surface area contributed by atoms with E-state index in [1.54, 1.807) is 4.68 Å². The van der Waals surface area contributed by atoms with E-state index in [4.69, 9.17) is 5.73 Å². The minimum absolute atomic E-state index is 0.528. The van der Waals surface area contributed by atoms with Gasteiger partial charge in [-0.1, -0.05) is 12.1 Å². The zero-order valence-electron chi connectivity index (χ0n) is 9.24. The van der Waals surface area contributed by atoms with Gasteiger partial charge in [-0.2, -0.15) is 5.10 Å². The summed E-state index contributed by atoms with van der Waals surface area (Å²) in [4.78, 5) is 3.37. The van der Waals surface area contributed by atoms with E-state index in [-0.39, 0.29) is 0 Å². The van der Waals surface area contributed by atoms with Crippen molar-refractivity contribution in [1.29, 1.82) is 0 Å². The lowest BCUT2D eigenvalue weighted by atomic mass is 10.2. The maximum absolute atomic E-state index is 5.69. The monoisotopic (exact) mass is 290 g/mol. The van der Waals surface area contributed by atoms with Crippen molar-refractivity contribution in [3.05, 3.63) is 34.8 Å². The molecule has 5 heteroatoms. The summed E-state index contributed by atoms with van der Waals surface area (Å²) in [7, 11) is 1.88. The second-order valence-electron chi connectivity index (χ2n) is 3.97. The normalized spacial score (nSPS) is 11.2. The van der Waals surface area contributed by atoms with Crippen LogP contribution in [0.15, 0.2) is 34.8 Å². The number of aromatic nitrogens is 3. The molecule has 0 atom stereocenters. The van der Waals surface area contributed by atoms with Crippen molar-refractivity contribution in [2.45, 2.75) is 0 Å². The number of nitrogens with two attached hydrogens (primary N) is 1. The molecule has 0 bridgehead atoms. The lowest BCUT2D eigenvalue weighted by Gasteiger charge is -1.96. The quantitative estimate of drug-likeness (QED) is 0.724. The van der Waals surface area contributed by atoms with Gasteiger partial charge in [0.1, 0.15) is 5.82 Å². The standard InChI is InChI=1S/C12H11BrN4/c1-17-10(6-11(14)16-17)9-5-7-3-2-4-8(13)12(7)15-9/h2-6,15H,1H3,(H2,14,16). The Labute approximate surface area is 107 Å². The van der Waals surface area contributed by atoms with Crippen LogP contribution < -0.4 is 5.73 Å². The van der Waals surface area contributed by atoms with Crippen LogP contribution >= 0.6 is 15.9 Å². The average molecular weight is 291 g/mol. The van der Waals surface area contributed by atoms with Gasteiger partial charge in [-0.15, -0.1) is 0 Å². The second-order valence-corrected chi connectivity index (χ2v) is 4.82. The van der Waals surface area contributed by atoms with Crippen molar-refractivity contribution in [3.8, 4) is 11.4 Å². The van der Waals surface area contributed by atoms with Gasteiger partial charge in [-0.05, 0) is 28.1 Å². The fourth-order valence-corrected chi connectivity index (χ4v) is 2.48. The topological polar surface area (TPSA) is 59.6 Å². The van der Waals surface area contributed by atoms with Gasteiger partial charge >= 0.3 is 0 Å². The Balaban J connectivity index is 2.25. The Kier molecular flexibility index (Phi) is 2.22. The highest BCUT2D eigenvalue weighted by Gasteiger charge is 2.09. The van der Waals surface area contributed by atoms with Gasteiger partial charge in [0, 0.05) is 23.0 Å². The summed E-state index contributed by atoms with van der Waals surface area (Å²) in [6.07, 6.45) is 0. The molecule has 86 valence electrons. The number of halogens is 1. The van der Waals surface area contributed by atoms with Gasteiger partial charge in [0.15, 0.2) is 0 Å². The Morgan fingerprint density at radius 2 is 2.18 bits per heavy atom. The van der Waals surface area contributed by atoms with Crippen LogP contribution in [0, 0.1) is 0 Å². The predicted octanol–water partition coefficient (Wildman–Crippen LogP) is 2.91. The van der Waals surface area contributed by atoms with Crippen LogP contribution in [-0.2, 0) is 7.05 Å². The number of anilines is 1. The smallest absolute Gasteiger partial charge is 0.146 e. The first-order chi connectivity index (χ1) is 8.15. The zero-order chi connectivity index (χ0) is 12.0. The van der Waals surface area contributed by atoms with Crippen molar-refractivity contribution in [3.63, 3.8) is 0 Å². The molecule has 0 saturated heterocycles. The summed E-state index contributed by atoms with van der Waals surface area (Å²) < 4.78 is 2.82. The first kappa shape index (κ1) is 10.4. The minimum atomic E-state index is 0.528. The number of H-pyrrole nitrogens is 1. The summed E-state index contributed by atoms with van der Waals surface area (Å²) in [5.41, 5.74) is 8.76. The molecule has 0 fully saturated rings. The fourth-order valence-electron chi connectivity index (χ4n) is 2.00. The predicted molar refractivity (Wildman–Crippen MR) is 72.6 cm³/mol. The third-order valence-electron chi connectivity index (χ3n) is 2.78. The lowest BCUT2D eigenvalue weighted by molar-refractivity contribution is 0.778. The number of rotatable bonds is 1. The van der Waals surface area contributed by atoms with Crippen molar-refractivity contribution >= 4 is 32.7 Å². The molecule has 0 amide bonds. The van der Waals surface area contributed by atoms with Crippen molar-refractivity contribution in [2.24, 2.45) is 7.05 Å². The Bertz CT molecular complexity index is 696. The number of fused-ring (bicyclic) bond motifs is 1. The van der Waals surface area contributed by atoms with Crippen LogP contribution in [0.1, 0.15) is 0 Å². The number of aromatic amines is 1. The van der Waals surface area contributed by atoms with Crippen molar-refractivity contribution in [1.82, 2.24) is 14.8 Å². The molecular formula is C12H11BrN4. The first-order valence-electron chi connectivity index (χ1n) is 5.22. The lowest BCUT2D eigenvalue weighted by Crippen LogP contribution is -1.94. The van der Waals surface area contributed by atoms with Gasteiger partial charge in [0.25, 0.3) is 0 Å². The van der Waals surface area contributed by atoms with Crippen molar-refractivity contribution < 1.29 is 0 Å². The highest BCUT2D eigenvalue weighted by molar-refractivity contribution is 9.10. The number of aryl methyl sites for hydroxylation is 1. The number of para-hydroxylation sites is 1. The highest BCUT2D eigenvalue weighted by Crippen LogP contribution is 2.29. The minimum Gasteiger partial charge on any atom is -0.382 e. The Morgan fingerprint density at radius 3 is 2.82 bits per heavy atom. The van der Waals surface area contributed by atoms with E-state index < -0.39 is 0 Å². The molecule has 1 aromatic carbocycles. The van der Waals surface area contributed by atoms with Gasteiger partial charge in [0.05, 0.1) is 16.9 Å². The van der Waals surface area contributed by atoms with Gasteiger partial charge in [0.2, 0.25) is 0 Å². The summed E-state index contributed by atoms with van der Waals surface area (Å²) in [6, 6.07) is 10.1. The summed E-state index contributed by atoms with van der Waals surface area (Å²) >= 11 is 3.53. The third-order valence-corrected chi connectivity index (χ3v) is 3.44. The maximum atomic E-state index is 5.69. The van der Waals surface area contributed by atoms with Gasteiger partial charge in [-0.25, -0.2) is 0 Å². The van der Waals surface area contributed by atoms with Crippen molar-refractivity contribution in [2.75, 3.05) is 5.73 Å². The van der Waals surface area contributed by atoms with E-state index in [1.165, 1.54) is 0 Å². The van der Waals surface area contributed by atoms with Crippen LogP contribution in [0.2, 0.25) is 0 Å². The summed E-state index contributed by atoms with van der Waals surface area (Å²) in [5.74, 6) is 0.528. The molecule has 3 N–H and O–H groups in total.